The fourth-order valence-electron chi connectivity index (χ4n) is 4.51. The molecule has 6 aromatic rings. The molecule has 0 bridgehead atoms. The number of para-hydroxylation sites is 1. The molecule has 0 radical (unpaired) electrons. The molecule has 7 rings (SSSR count). The quantitative estimate of drug-likeness (QED) is 0.113. The third-order valence-corrected chi connectivity index (χ3v) is 6.75. The molecule has 1 aliphatic rings. The Balaban J connectivity index is 0.000000537. The van der Waals surface area contributed by atoms with E-state index in [2.05, 4.69) is 41.4 Å². The minimum Gasteiger partial charge on any atom is -0.669 e. The SMILES string of the molecule is COc1cc(Oc2[c-]cccc2)[c-]c(-c2[c-]cnc(-c3[c-]c(Oc4[c-]c(N5C=CN(C)[CH-]5)ccc4)ccc3)c2)c1.[C-]#Cn1cccc1.[Pt+4].[Pt]. The van der Waals surface area contributed by atoms with Crippen LogP contribution in [-0.4, -0.2) is 28.6 Å². The molecule has 0 saturated carbocycles. The van der Waals surface area contributed by atoms with Gasteiger partial charge in [-0.05, 0) is 31.6 Å². The van der Waals surface area contributed by atoms with Crippen LogP contribution >= 0.6 is 0 Å². The Hall–Kier alpha value is -5.01. The van der Waals surface area contributed by atoms with E-state index >= 15 is 0 Å². The number of ether oxygens (including phenoxy) is 3. The van der Waals surface area contributed by atoms with Crippen molar-refractivity contribution in [3.63, 3.8) is 0 Å². The Morgan fingerprint density at radius 3 is 2.18 bits per heavy atom. The summed E-state index contributed by atoms with van der Waals surface area (Å²) in [5, 5.41) is 0. The molecule has 0 atom stereocenters. The monoisotopic (exact) mass is 1000 g/mol. The molecule has 49 heavy (non-hydrogen) atoms. The minimum atomic E-state index is 0. The van der Waals surface area contributed by atoms with E-state index in [0.29, 0.717) is 34.4 Å². The number of rotatable bonds is 8. The van der Waals surface area contributed by atoms with Gasteiger partial charge in [-0.2, -0.15) is 43.1 Å². The summed E-state index contributed by atoms with van der Waals surface area (Å²) in [4.78, 5) is 8.48. The van der Waals surface area contributed by atoms with Gasteiger partial charge in [0, 0.05) is 62.2 Å². The van der Waals surface area contributed by atoms with E-state index in [1.54, 1.807) is 42.4 Å². The van der Waals surface area contributed by atoms with E-state index in [-0.39, 0.29) is 42.1 Å². The van der Waals surface area contributed by atoms with Crippen molar-refractivity contribution in [1.82, 2.24) is 14.5 Å². The number of hydrogen-bond donors (Lipinski definition) is 0. The third-order valence-electron chi connectivity index (χ3n) is 6.75. The maximum absolute atomic E-state index is 6.57. The van der Waals surface area contributed by atoms with E-state index in [1.807, 2.05) is 115 Å². The van der Waals surface area contributed by atoms with Gasteiger partial charge >= 0.3 is 21.1 Å². The first-order chi connectivity index (χ1) is 23.1. The average molecular weight is 1000 g/mol. The van der Waals surface area contributed by atoms with Crippen LogP contribution in [-0.2, 0) is 42.1 Å². The van der Waals surface area contributed by atoms with E-state index < -0.39 is 0 Å². The second kappa shape index (κ2) is 17.9. The smallest absolute Gasteiger partial charge is 0.669 e. The van der Waals surface area contributed by atoms with Crippen LogP contribution in [0.2, 0.25) is 0 Å². The number of benzene rings is 4. The Morgan fingerprint density at radius 2 is 1.49 bits per heavy atom. The molecule has 1 aliphatic heterocycles. The van der Waals surface area contributed by atoms with Crippen molar-refractivity contribution >= 4 is 5.69 Å². The van der Waals surface area contributed by atoms with E-state index in [4.69, 9.17) is 20.6 Å². The zero-order chi connectivity index (χ0) is 32.4. The maximum Gasteiger partial charge on any atom is 4.00 e. The van der Waals surface area contributed by atoms with Crippen molar-refractivity contribution in [2.24, 2.45) is 0 Å². The number of methoxy groups -OCH3 is 1. The van der Waals surface area contributed by atoms with Crippen LogP contribution in [0, 0.1) is 49.5 Å². The molecule has 7 nitrogen and oxygen atoms in total. The Morgan fingerprint density at radius 1 is 0.755 bits per heavy atom. The standard InChI is InChI=1S/C34H23N3O3.C6H4N.2Pt/c1-36-16-17-37(24-36)28-9-7-13-31(22-28)40-30-12-6-8-26(18-30)34-21-25(14-15-35-34)27-19-32(38-2)23-33(20-27)39-29-10-4-3-5-11-29;1-2-7-5-3-4-6-7;;/h3-10,12-13,15-17,19,21,23-24H,1-2H3;3-6H;;/q-6;-1;;+4. The summed E-state index contributed by atoms with van der Waals surface area (Å²) in [6, 6.07) is 46.5. The molecule has 0 aliphatic carbocycles. The van der Waals surface area contributed by atoms with Gasteiger partial charge in [-0.15, -0.1) is 59.8 Å². The molecular formula is C40H27N4O3Pt2-3. The predicted octanol–water partition coefficient (Wildman–Crippen LogP) is 8.23. The summed E-state index contributed by atoms with van der Waals surface area (Å²) in [6.07, 6.45) is 15.7. The minimum absolute atomic E-state index is 0. The first-order valence-corrected chi connectivity index (χ1v) is 14.5. The zero-order valence-electron chi connectivity index (χ0n) is 26.3. The van der Waals surface area contributed by atoms with Crippen LogP contribution in [0.25, 0.3) is 22.4 Å². The molecule has 4 aromatic carbocycles. The van der Waals surface area contributed by atoms with Crippen LogP contribution in [0.1, 0.15) is 0 Å². The second-order valence-electron chi connectivity index (χ2n) is 10.1. The van der Waals surface area contributed by atoms with Crippen LogP contribution in [0.5, 0.6) is 28.7 Å². The van der Waals surface area contributed by atoms with Crippen molar-refractivity contribution in [2.75, 3.05) is 19.1 Å². The third kappa shape index (κ3) is 10.00. The molecular weight excluding hydrogens is 975 g/mol. The fourth-order valence-corrected chi connectivity index (χ4v) is 4.51. The van der Waals surface area contributed by atoms with Crippen LogP contribution in [0.15, 0.2) is 122 Å². The summed E-state index contributed by atoms with van der Waals surface area (Å²) in [5.41, 5.74) is 3.91. The van der Waals surface area contributed by atoms with Gasteiger partial charge in [-0.3, -0.25) is 5.56 Å². The number of aromatic nitrogens is 2. The van der Waals surface area contributed by atoms with Crippen molar-refractivity contribution in [3.05, 3.63) is 165 Å². The number of anilines is 1. The van der Waals surface area contributed by atoms with Crippen LogP contribution in [0.4, 0.5) is 5.69 Å². The second-order valence-corrected chi connectivity index (χ2v) is 10.1. The van der Waals surface area contributed by atoms with Gasteiger partial charge in [0.2, 0.25) is 0 Å². The molecule has 0 unspecified atom stereocenters. The number of nitrogens with zero attached hydrogens (tertiary/aromatic N) is 4. The topological polar surface area (TPSA) is 52.0 Å². The van der Waals surface area contributed by atoms with Crippen molar-refractivity contribution < 1.29 is 56.3 Å². The molecule has 0 spiro atoms. The van der Waals surface area contributed by atoms with Crippen LogP contribution < -0.4 is 19.1 Å². The molecule has 3 heterocycles. The number of hydrogen-bond acceptors (Lipinski definition) is 6. The summed E-state index contributed by atoms with van der Waals surface area (Å²) in [7, 11) is 3.59. The van der Waals surface area contributed by atoms with Gasteiger partial charge in [0.15, 0.2) is 0 Å². The molecule has 2 aromatic heterocycles. The van der Waals surface area contributed by atoms with Crippen molar-refractivity contribution in [2.45, 2.75) is 0 Å². The zero-order valence-corrected chi connectivity index (χ0v) is 30.8. The molecule has 0 fully saturated rings. The van der Waals surface area contributed by atoms with Gasteiger partial charge < -0.3 is 40.0 Å². The Labute approximate surface area is 316 Å². The van der Waals surface area contributed by atoms with Crippen molar-refractivity contribution in [3.8, 4) is 57.2 Å². The van der Waals surface area contributed by atoms with Crippen LogP contribution in [0.3, 0.4) is 0 Å². The first kappa shape index (κ1) is 36.8. The molecule has 9 heteroatoms. The molecule has 0 amide bonds. The van der Waals surface area contributed by atoms with Gasteiger partial charge in [0.1, 0.15) is 0 Å². The molecule has 0 N–H and O–H groups in total. The summed E-state index contributed by atoms with van der Waals surface area (Å²) < 4.78 is 19.1. The van der Waals surface area contributed by atoms with Gasteiger partial charge in [0.05, 0.1) is 7.11 Å². The fraction of sp³-hybridized carbons (Fsp3) is 0.0500. The number of pyridine rings is 1. The maximum atomic E-state index is 6.57. The normalized spacial score (nSPS) is 11.3. The first-order valence-electron chi connectivity index (χ1n) is 14.5. The summed E-state index contributed by atoms with van der Waals surface area (Å²) in [6.45, 7) is 1.97. The van der Waals surface area contributed by atoms with Crippen molar-refractivity contribution in [1.29, 1.82) is 0 Å². The Kier molecular flexibility index (Phi) is 13.5. The van der Waals surface area contributed by atoms with Gasteiger partial charge in [0.25, 0.3) is 0 Å². The summed E-state index contributed by atoms with van der Waals surface area (Å²) in [5.74, 6) is 2.89. The van der Waals surface area contributed by atoms with Gasteiger partial charge in [-0.1, -0.05) is 24.0 Å². The molecule has 248 valence electrons. The predicted molar refractivity (Wildman–Crippen MR) is 180 cm³/mol. The average Bonchev–Trinajstić information content (AvgIpc) is 3.81. The van der Waals surface area contributed by atoms with E-state index in [0.717, 1.165) is 22.4 Å². The van der Waals surface area contributed by atoms with E-state index in [1.165, 1.54) is 0 Å². The molecule has 0 saturated heterocycles. The summed E-state index contributed by atoms with van der Waals surface area (Å²) >= 11 is 0. The Bertz CT molecular complexity index is 2010. The largest absolute Gasteiger partial charge is 4.00 e. The van der Waals surface area contributed by atoms with E-state index in [9.17, 15) is 0 Å². The van der Waals surface area contributed by atoms with Gasteiger partial charge in [-0.25, -0.2) is 23.7 Å².